The smallest absolute Gasteiger partial charge is 0.317 e. The zero-order valence-corrected chi connectivity index (χ0v) is 16.1. The van der Waals surface area contributed by atoms with E-state index in [0.29, 0.717) is 0 Å². The van der Waals surface area contributed by atoms with E-state index in [1.165, 1.54) is 0 Å². The molecule has 142 valence electrons. The van der Waals surface area contributed by atoms with Crippen LogP contribution in [0.25, 0.3) is 0 Å². The molecule has 1 N–H and O–H groups in total. The van der Waals surface area contributed by atoms with Gasteiger partial charge in [0.25, 0.3) is 5.91 Å². The van der Waals surface area contributed by atoms with Crippen LogP contribution in [0.4, 0.5) is 5.69 Å². The van der Waals surface area contributed by atoms with E-state index in [2.05, 4.69) is 5.32 Å². The van der Waals surface area contributed by atoms with E-state index < -0.39 is 5.41 Å². The fourth-order valence-electron chi connectivity index (χ4n) is 3.99. The van der Waals surface area contributed by atoms with Crippen LogP contribution in [0.2, 0.25) is 0 Å². The molecule has 4 nitrogen and oxygen atoms in total. The number of benzene rings is 2. The molecule has 4 heteroatoms. The van der Waals surface area contributed by atoms with Gasteiger partial charge in [0.15, 0.2) is 6.61 Å². The molecule has 2 aromatic rings. The monoisotopic (exact) mass is 365 g/mol. The molecule has 1 fully saturated rings. The molecular weight excluding hydrogens is 338 g/mol. The highest BCUT2D eigenvalue weighted by Crippen LogP contribution is 2.42. The Bertz CT molecular complexity index is 808. The Morgan fingerprint density at radius 3 is 2.41 bits per heavy atom. The van der Waals surface area contributed by atoms with Gasteiger partial charge in [-0.2, -0.15) is 0 Å². The van der Waals surface area contributed by atoms with Crippen LogP contribution < -0.4 is 5.32 Å². The Morgan fingerprint density at radius 1 is 1.04 bits per heavy atom. The van der Waals surface area contributed by atoms with Crippen molar-refractivity contribution in [2.45, 2.75) is 51.4 Å². The first-order valence-corrected chi connectivity index (χ1v) is 9.68. The van der Waals surface area contributed by atoms with Crippen LogP contribution in [0.5, 0.6) is 0 Å². The van der Waals surface area contributed by atoms with Gasteiger partial charge in [-0.15, -0.1) is 0 Å². The van der Waals surface area contributed by atoms with Crippen molar-refractivity contribution >= 4 is 17.6 Å². The second kappa shape index (κ2) is 8.38. The summed E-state index contributed by atoms with van der Waals surface area (Å²) in [5, 5.41) is 2.91. The molecule has 0 aliphatic heterocycles. The number of hydrogen-bond donors (Lipinski definition) is 1. The predicted octanol–water partition coefficient (Wildman–Crippen LogP) is 4.55. The van der Waals surface area contributed by atoms with Crippen molar-refractivity contribution in [1.82, 2.24) is 0 Å². The second-order valence-corrected chi connectivity index (χ2v) is 7.24. The maximum atomic E-state index is 12.9. The Balaban J connectivity index is 1.67. The summed E-state index contributed by atoms with van der Waals surface area (Å²) in [4.78, 5) is 25.3. The van der Waals surface area contributed by atoms with E-state index in [1.54, 1.807) is 0 Å². The molecule has 0 atom stereocenters. The van der Waals surface area contributed by atoms with Gasteiger partial charge in [0.05, 0.1) is 5.41 Å². The third-order valence-electron chi connectivity index (χ3n) is 5.51. The first-order chi connectivity index (χ1) is 13.1. The highest BCUT2D eigenvalue weighted by Gasteiger charge is 2.44. The molecule has 3 rings (SSSR count). The number of carbonyl (C=O) groups excluding carboxylic acids is 2. The minimum atomic E-state index is -0.612. The van der Waals surface area contributed by atoms with Crippen molar-refractivity contribution in [1.29, 1.82) is 0 Å². The second-order valence-electron chi connectivity index (χ2n) is 7.24. The van der Waals surface area contributed by atoms with Crippen LogP contribution in [0.1, 0.15) is 49.3 Å². The Labute approximate surface area is 160 Å². The summed E-state index contributed by atoms with van der Waals surface area (Å²) in [6.07, 6.45) is 4.37. The summed E-state index contributed by atoms with van der Waals surface area (Å²) in [7, 11) is 0. The number of nitrogens with one attached hydrogen (secondary N) is 1. The summed E-state index contributed by atoms with van der Waals surface area (Å²) < 4.78 is 5.48. The highest BCUT2D eigenvalue weighted by atomic mass is 16.5. The Morgan fingerprint density at radius 2 is 1.74 bits per heavy atom. The number of rotatable bonds is 6. The molecule has 2 aromatic carbocycles. The molecule has 27 heavy (non-hydrogen) atoms. The summed E-state index contributed by atoms with van der Waals surface area (Å²) >= 11 is 0. The number of aryl methyl sites for hydroxylation is 2. The summed E-state index contributed by atoms with van der Waals surface area (Å²) in [6.45, 7) is 3.75. The zero-order valence-electron chi connectivity index (χ0n) is 16.1. The number of hydrogen-bond acceptors (Lipinski definition) is 3. The van der Waals surface area contributed by atoms with Gasteiger partial charge in [0.1, 0.15) is 0 Å². The standard InChI is InChI=1S/C23H27NO3/c1-3-18-11-9-10-17(2)21(18)24-20(25)16-27-22(26)23(14-7-8-15-23)19-12-5-4-6-13-19/h4-6,9-13H,3,7-8,14-16H2,1-2H3,(H,24,25). The topological polar surface area (TPSA) is 55.4 Å². The van der Waals surface area contributed by atoms with Gasteiger partial charge in [-0.1, -0.05) is 68.3 Å². The van der Waals surface area contributed by atoms with Crippen molar-refractivity contribution in [2.24, 2.45) is 0 Å². The van der Waals surface area contributed by atoms with Gasteiger partial charge >= 0.3 is 5.97 Å². The summed E-state index contributed by atoms with van der Waals surface area (Å²) in [5.74, 6) is -0.588. The van der Waals surface area contributed by atoms with Crippen molar-refractivity contribution in [3.63, 3.8) is 0 Å². The number of para-hydroxylation sites is 1. The lowest BCUT2D eigenvalue weighted by Crippen LogP contribution is -2.36. The molecule has 0 saturated heterocycles. The number of anilines is 1. The largest absolute Gasteiger partial charge is 0.455 e. The highest BCUT2D eigenvalue weighted by molar-refractivity contribution is 5.95. The van der Waals surface area contributed by atoms with Crippen LogP contribution in [-0.4, -0.2) is 18.5 Å². The molecule has 0 spiro atoms. The molecular formula is C23H27NO3. The van der Waals surface area contributed by atoms with Crippen LogP contribution in [0, 0.1) is 6.92 Å². The average molecular weight is 365 g/mol. The number of ether oxygens (including phenoxy) is 1. The number of amides is 1. The van der Waals surface area contributed by atoms with E-state index in [4.69, 9.17) is 4.74 Å². The normalized spacial score (nSPS) is 15.3. The van der Waals surface area contributed by atoms with Gasteiger partial charge in [0, 0.05) is 5.69 Å². The Kier molecular flexibility index (Phi) is 5.94. The molecule has 0 bridgehead atoms. The lowest BCUT2D eigenvalue weighted by Gasteiger charge is -2.27. The van der Waals surface area contributed by atoms with Crippen molar-refractivity contribution in [3.8, 4) is 0 Å². The van der Waals surface area contributed by atoms with Gasteiger partial charge in [-0.05, 0) is 42.9 Å². The lowest BCUT2D eigenvalue weighted by atomic mass is 9.79. The molecule has 1 aliphatic rings. The van der Waals surface area contributed by atoms with Crippen molar-refractivity contribution in [3.05, 3.63) is 65.2 Å². The minimum Gasteiger partial charge on any atom is -0.455 e. The molecule has 1 aliphatic carbocycles. The van der Waals surface area contributed by atoms with E-state index in [-0.39, 0.29) is 18.5 Å². The van der Waals surface area contributed by atoms with Crippen LogP contribution in [0.15, 0.2) is 48.5 Å². The van der Waals surface area contributed by atoms with Crippen LogP contribution in [-0.2, 0) is 26.2 Å². The van der Waals surface area contributed by atoms with Gasteiger partial charge in [0.2, 0.25) is 0 Å². The third-order valence-corrected chi connectivity index (χ3v) is 5.51. The first-order valence-electron chi connectivity index (χ1n) is 9.68. The maximum absolute atomic E-state index is 12.9. The molecule has 0 heterocycles. The number of carbonyl (C=O) groups is 2. The van der Waals surface area contributed by atoms with Gasteiger partial charge in [-0.3, -0.25) is 9.59 Å². The molecule has 0 unspecified atom stereocenters. The van der Waals surface area contributed by atoms with E-state index in [1.807, 2.05) is 62.4 Å². The van der Waals surface area contributed by atoms with Crippen molar-refractivity contribution < 1.29 is 14.3 Å². The first kappa shape index (κ1) is 19.2. The van der Waals surface area contributed by atoms with E-state index in [9.17, 15) is 9.59 Å². The molecule has 0 aromatic heterocycles. The van der Waals surface area contributed by atoms with Gasteiger partial charge < -0.3 is 10.1 Å². The van der Waals surface area contributed by atoms with E-state index >= 15 is 0 Å². The minimum absolute atomic E-state index is 0.259. The summed E-state index contributed by atoms with van der Waals surface area (Å²) in [6, 6.07) is 15.7. The maximum Gasteiger partial charge on any atom is 0.317 e. The zero-order chi connectivity index (χ0) is 19.3. The number of esters is 1. The average Bonchev–Trinajstić information content (AvgIpc) is 3.19. The fraction of sp³-hybridized carbons (Fsp3) is 0.391. The van der Waals surface area contributed by atoms with Crippen LogP contribution >= 0.6 is 0 Å². The van der Waals surface area contributed by atoms with Gasteiger partial charge in [-0.25, -0.2) is 0 Å². The third kappa shape index (κ3) is 4.05. The SMILES string of the molecule is CCc1cccc(C)c1NC(=O)COC(=O)C1(c2ccccc2)CCCC1. The molecule has 1 amide bonds. The molecule has 0 radical (unpaired) electrons. The van der Waals surface area contributed by atoms with E-state index in [0.717, 1.165) is 54.5 Å². The molecule has 1 saturated carbocycles. The van der Waals surface area contributed by atoms with Crippen LogP contribution in [0.3, 0.4) is 0 Å². The Hall–Kier alpha value is -2.62. The predicted molar refractivity (Wildman–Crippen MR) is 107 cm³/mol. The lowest BCUT2D eigenvalue weighted by molar-refractivity contribution is -0.153. The quantitative estimate of drug-likeness (QED) is 0.764. The summed E-state index contributed by atoms with van der Waals surface area (Å²) in [5.41, 5.74) is 3.27. The van der Waals surface area contributed by atoms with Crippen molar-refractivity contribution in [2.75, 3.05) is 11.9 Å². The fourth-order valence-corrected chi connectivity index (χ4v) is 3.99.